The molecule has 0 radical (unpaired) electrons. The first-order valence-electron chi connectivity index (χ1n) is 6.83. The molecule has 98 valence electrons. The molecule has 2 heteroatoms. The van der Waals surface area contributed by atoms with Crippen molar-refractivity contribution in [3.8, 4) is 0 Å². The first-order valence-corrected chi connectivity index (χ1v) is 7.62. The van der Waals surface area contributed by atoms with Crippen LogP contribution in [0.1, 0.15) is 11.5 Å². The topological polar surface area (TPSA) is 3.24 Å². The minimum absolute atomic E-state index is 0.388. The van der Waals surface area contributed by atoms with Gasteiger partial charge in [-0.1, -0.05) is 58.4 Å². The van der Waals surface area contributed by atoms with Crippen molar-refractivity contribution in [3.05, 3.63) is 82.9 Å². The highest BCUT2D eigenvalue weighted by atomic mass is 79.9. The van der Waals surface area contributed by atoms with Crippen molar-refractivity contribution in [3.63, 3.8) is 0 Å². The fourth-order valence-electron chi connectivity index (χ4n) is 3.19. The Morgan fingerprint density at radius 2 is 1.60 bits per heavy atom. The molecule has 1 aliphatic heterocycles. The van der Waals surface area contributed by atoms with Crippen LogP contribution < -0.4 is 4.90 Å². The van der Waals surface area contributed by atoms with E-state index in [0.717, 1.165) is 4.47 Å². The van der Waals surface area contributed by atoms with Crippen molar-refractivity contribution in [2.24, 2.45) is 0 Å². The summed E-state index contributed by atoms with van der Waals surface area (Å²) in [6, 6.07) is 17.7. The van der Waals surface area contributed by atoms with Crippen molar-refractivity contribution in [1.82, 2.24) is 0 Å². The van der Waals surface area contributed by atoms with E-state index in [1.165, 1.54) is 16.9 Å². The Morgan fingerprint density at radius 1 is 0.850 bits per heavy atom. The average molecular weight is 324 g/mol. The van der Waals surface area contributed by atoms with Gasteiger partial charge in [0.05, 0.1) is 6.04 Å². The van der Waals surface area contributed by atoms with Crippen LogP contribution in [0, 0.1) is 0 Å². The summed E-state index contributed by atoms with van der Waals surface area (Å²) in [5.41, 5.74) is 3.98. The van der Waals surface area contributed by atoms with Crippen molar-refractivity contribution in [2.75, 3.05) is 4.90 Å². The zero-order valence-electron chi connectivity index (χ0n) is 10.9. The summed E-state index contributed by atoms with van der Waals surface area (Å²) >= 11 is 3.51. The normalized spacial score (nSPS) is 22.8. The molecule has 4 rings (SSSR count). The summed E-state index contributed by atoms with van der Waals surface area (Å²) in [7, 11) is 0. The monoisotopic (exact) mass is 323 g/mol. The van der Waals surface area contributed by atoms with Crippen LogP contribution in [0.25, 0.3) is 0 Å². The Labute approximate surface area is 127 Å². The SMILES string of the molecule is Brc1ccc(N2c3ccccc3C3C=CC=CC32)cc1. The lowest BCUT2D eigenvalue weighted by atomic mass is 9.91. The second kappa shape index (κ2) is 4.64. The molecule has 2 atom stereocenters. The van der Waals surface area contributed by atoms with Gasteiger partial charge in [0.2, 0.25) is 0 Å². The lowest BCUT2D eigenvalue weighted by molar-refractivity contribution is 0.744. The Bertz CT molecular complexity index is 700. The van der Waals surface area contributed by atoms with Crippen LogP contribution in [0.4, 0.5) is 11.4 Å². The van der Waals surface area contributed by atoms with Crippen LogP contribution in [0.2, 0.25) is 0 Å². The average Bonchev–Trinajstić information content (AvgIpc) is 2.83. The first-order chi connectivity index (χ1) is 9.84. The zero-order valence-corrected chi connectivity index (χ0v) is 12.5. The lowest BCUT2D eigenvalue weighted by Gasteiger charge is -2.28. The number of allylic oxidation sites excluding steroid dienone is 2. The van der Waals surface area contributed by atoms with E-state index in [2.05, 4.69) is 93.7 Å². The molecule has 20 heavy (non-hydrogen) atoms. The molecule has 0 bridgehead atoms. The van der Waals surface area contributed by atoms with Crippen LogP contribution in [0.15, 0.2) is 77.3 Å². The molecule has 2 aromatic rings. The summed E-state index contributed by atoms with van der Waals surface area (Å²) in [6.45, 7) is 0. The second-order valence-electron chi connectivity index (χ2n) is 5.19. The molecule has 2 aliphatic rings. The van der Waals surface area contributed by atoms with E-state index in [0.29, 0.717) is 12.0 Å². The molecule has 0 N–H and O–H groups in total. The number of nitrogens with zero attached hydrogens (tertiary/aromatic N) is 1. The van der Waals surface area contributed by atoms with E-state index in [9.17, 15) is 0 Å². The fraction of sp³-hybridized carbons (Fsp3) is 0.111. The Balaban J connectivity index is 1.88. The summed E-state index contributed by atoms with van der Waals surface area (Å²) in [5, 5.41) is 0. The molecule has 2 unspecified atom stereocenters. The van der Waals surface area contributed by atoms with Gasteiger partial charge in [0.1, 0.15) is 0 Å². The van der Waals surface area contributed by atoms with Crippen LogP contribution in [-0.4, -0.2) is 6.04 Å². The molecule has 0 aromatic heterocycles. The third-order valence-electron chi connectivity index (χ3n) is 4.06. The van der Waals surface area contributed by atoms with Gasteiger partial charge in [0.15, 0.2) is 0 Å². The maximum atomic E-state index is 3.51. The maximum Gasteiger partial charge on any atom is 0.0629 e. The minimum atomic E-state index is 0.388. The van der Waals surface area contributed by atoms with Gasteiger partial charge in [-0.05, 0) is 35.9 Å². The maximum absolute atomic E-state index is 3.51. The van der Waals surface area contributed by atoms with Gasteiger partial charge in [-0.2, -0.15) is 0 Å². The van der Waals surface area contributed by atoms with Crippen molar-refractivity contribution >= 4 is 27.3 Å². The molecule has 1 heterocycles. The molecule has 2 aromatic carbocycles. The van der Waals surface area contributed by atoms with Crippen LogP contribution in [-0.2, 0) is 0 Å². The van der Waals surface area contributed by atoms with Gasteiger partial charge in [-0.3, -0.25) is 0 Å². The summed E-state index contributed by atoms with van der Waals surface area (Å²) in [4.78, 5) is 2.44. The molecule has 0 saturated heterocycles. The molecule has 0 saturated carbocycles. The number of anilines is 2. The number of rotatable bonds is 1. The molecule has 0 amide bonds. The van der Waals surface area contributed by atoms with E-state index < -0.39 is 0 Å². The molecule has 0 spiro atoms. The van der Waals surface area contributed by atoms with Gasteiger partial charge >= 0.3 is 0 Å². The smallest absolute Gasteiger partial charge is 0.0629 e. The first kappa shape index (κ1) is 12.0. The van der Waals surface area contributed by atoms with E-state index >= 15 is 0 Å². The van der Waals surface area contributed by atoms with E-state index in [1.54, 1.807) is 0 Å². The third-order valence-corrected chi connectivity index (χ3v) is 4.59. The van der Waals surface area contributed by atoms with E-state index in [4.69, 9.17) is 0 Å². The van der Waals surface area contributed by atoms with Crippen LogP contribution >= 0.6 is 15.9 Å². The lowest BCUT2D eigenvalue weighted by Crippen LogP contribution is -2.28. The van der Waals surface area contributed by atoms with Gasteiger partial charge < -0.3 is 4.90 Å². The quantitative estimate of drug-likeness (QED) is 0.699. The minimum Gasteiger partial charge on any atom is -0.333 e. The van der Waals surface area contributed by atoms with Crippen molar-refractivity contribution in [2.45, 2.75) is 12.0 Å². The number of hydrogen-bond donors (Lipinski definition) is 0. The van der Waals surface area contributed by atoms with E-state index in [-0.39, 0.29) is 0 Å². The predicted octanol–water partition coefficient (Wildman–Crippen LogP) is 5.18. The third kappa shape index (κ3) is 1.75. The number of para-hydroxylation sites is 1. The Morgan fingerprint density at radius 3 is 2.45 bits per heavy atom. The van der Waals surface area contributed by atoms with Gasteiger partial charge in [0, 0.05) is 21.8 Å². The number of hydrogen-bond acceptors (Lipinski definition) is 1. The Kier molecular flexibility index (Phi) is 2.78. The summed E-state index contributed by atoms with van der Waals surface area (Å²) in [5.74, 6) is 0.458. The molecule has 0 fully saturated rings. The van der Waals surface area contributed by atoms with Crippen molar-refractivity contribution in [1.29, 1.82) is 0 Å². The highest BCUT2D eigenvalue weighted by Crippen LogP contribution is 2.47. The van der Waals surface area contributed by atoms with Crippen LogP contribution in [0.3, 0.4) is 0 Å². The highest BCUT2D eigenvalue weighted by molar-refractivity contribution is 9.10. The van der Waals surface area contributed by atoms with Gasteiger partial charge in [0.25, 0.3) is 0 Å². The van der Waals surface area contributed by atoms with Crippen LogP contribution in [0.5, 0.6) is 0 Å². The van der Waals surface area contributed by atoms with Gasteiger partial charge in [-0.25, -0.2) is 0 Å². The molecule has 1 nitrogen and oxygen atoms in total. The largest absolute Gasteiger partial charge is 0.333 e. The number of halogens is 1. The highest BCUT2D eigenvalue weighted by Gasteiger charge is 2.36. The van der Waals surface area contributed by atoms with E-state index in [1.807, 2.05) is 0 Å². The molecule has 1 aliphatic carbocycles. The zero-order chi connectivity index (χ0) is 13.5. The molecular weight excluding hydrogens is 310 g/mol. The second-order valence-corrected chi connectivity index (χ2v) is 6.11. The standard InChI is InChI=1S/C18H14BrN/c19-13-9-11-14(12-10-13)20-17-7-3-1-5-15(17)16-6-2-4-8-18(16)20/h1-12,15,17H. The molecular formula is C18H14BrN. The summed E-state index contributed by atoms with van der Waals surface area (Å²) in [6.07, 6.45) is 8.91. The predicted molar refractivity (Wildman–Crippen MR) is 87.5 cm³/mol. The fourth-order valence-corrected chi connectivity index (χ4v) is 3.46. The van der Waals surface area contributed by atoms with Crippen molar-refractivity contribution < 1.29 is 0 Å². The number of fused-ring (bicyclic) bond motifs is 3. The summed E-state index contributed by atoms with van der Waals surface area (Å²) < 4.78 is 1.12. The van der Waals surface area contributed by atoms with Gasteiger partial charge in [-0.15, -0.1) is 0 Å². The Hall–Kier alpha value is -1.80. The number of benzene rings is 2.